The van der Waals surface area contributed by atoms with Crippen molar-refractivity contribution in [2.24, 2.45) is 0 Å². The first-order valence-electron chi connectivity index (χ1n) is 11.3. The summed E-state index contributed by atoms with van der Waals surface area (Å²) in [4.78, 5) is 14.4. The fraction of sp³-hybridized carbons (Fsp3) is 0.444. The van der Waals surface area contributed by atoms with Gasteiger partial charge in [0.05, 0.1) is 25.9 Å². The van der Waals surface area contributed by atoms with Crippen molar-refractivity contribution < 1.29 is 19.0 Å². The summed E-state index contributed by atoms with van der Waals surface area (Å²) >= 11 is 0. The van der Waals surface area contributed by atoms with Gasteiger partial charge in [0, 0.05) is 20.5 Å². The van der Waals surface area contributed by atoms with Crippen LogP contribution in [-0.4, -0.2) is 49.8 Å². The van der Waals surface area contributed by atoms with E-state index in [1.807, 2.05) is 48.5 Å². The topological polar surface area (TPSA) is 48.0 Å². The molecule has 0 radical (unpaired) electrons. The molecule has 0 fully saturated rings. The molecule has 172 valence electrons. The zero-order valence-corrected chi connectivity index (χ0v) is 19.4. The van der Waals surface area contributed by atoms with Crippen LogP contribution in [-0.2, 0) is 32.2 Å². The molecule has 3 atom stereocenters. The van der Waals surface area contributed by atoms with Gasteiger partial charge in [-0.1, -0.05) is 72.3 Å². The van der Waals surface area contributed by atoms with Crippen LogP contribution in [0.3, 0.4) is 0 Å². The second-order valence-corrected chi connectivity index (χ2v) is 8.56. The Morgan fingerprint density at radius 3 is 2.25 bits per heavy atom. The molecule has 32 heavy (non-hydrogen) atoms. The molecule has 2 aromatic carbocycles. The van der Waals surface area contributed by atoms with Crippen LogP contribution < -0.4 is 0 Å². The molecule has 0 aliphatic carbocycles. The summed E-state index contributed by atoms with van der Waals surface area (Å²) in [5.41, 5.74) is 3.39. The van der Waals surface area contributed by atoms with Gasteiger partial charge in [0.2, 0.25) is 0 Å². The van der Waals surface area contributed by atoms with Crippen molar-refractivity contribution in [1.29, 1.82) is 0 Å². The monoisotopic (exact) mass is 437 g/mol. The second kappa shape index (κ2) is 12.5. The second-order valence-electron chi connectivity index (χ2n) is 8.56. The molecule has 0 N–H and O–H groups in total. The highest BCUT2D eigenvalue weighted by Crippen LogP contribution is 2.23. The number of hydrogen-bond acceptors (Lipinski definition) is 4. The lowest BCUT2D eigenvalue weighted by Crippen LogP contribution is -2.43. The lowest BCUT2D eigenvalue weighted by molar-refractivity contribution is -0.162. The minimum atomic E-state index is -0.549. The van der Waals surface area contributed by atoms with E-state index in [2.05, 4.69) is 25.1 Å². The van der Waals surface area contributed by atoms with Crippen molar-refractivity contribution in [2.75, 3.05) is 20.7 Å². The van der Waals surface area contributed by atoms with Gasteiger partial charge in [-0.3, -0.25) is 4.79 Å². The van der Waals surface area contributed by atoms with Gasteiger partial charge in [-0.05, 0) is 30.9 Å². The highest BCUT2D eigenvalue weighted by molar-refractivity contribution is 5.80. The zero-order valence-electron chi connectivity index (χ0n) is 19.4. The number of amides is 1. The van der Waals surface area contributed by atoms with E-state index < -0.39 is 6.10 Å². The van der Waals surface area contributed by atoms with E-state index in [1.54, 1.807) is 19.0 Å². The van der Waals surface area contributed by atoms with E-state index in [0.29, 0.717) is 26.2 Å². The average Bonchev–Trinajstić information content (AvgIpc) is 2.87. The molecule has 2 aromatic rings. The highest BCUT2D eigenvalue weighted by Gasteiger charge is 2.31. The Hall–Kier alpha value is -2.47. The Bertz CT molecular complexity index is 850. The quantitative estimate of drug-likeness (QED) is 0.559. The van der Waals surface area contributed by atoms with Gasteiger partial charge in [-0.2, -0.15) is 0 Å². The molecule has 0 saturated heterocycles. The summed E-state index contributed by atoms with van der Waals surface area (Å²) in [7, 11) is 3.53. The summed E-state index contributed by atoms with van der Waals surface area (Å²) in [6.45, 7) is 3.42. The molecule has 1 heterocycles. The molecule has 1 aliphatic heterocycles. The van der Waals surface area contributed by atoms with Gasteiger partial charge < -0.3 is 19.1 Å². The molecule has 5 nitrogen and oxygen atoms in total. The Morgan fingerprint density at radius 1 is 1.00 bits per heavy atom. The van der Waals surface area contributed by atoms with Gasteiger partial charge in [0.25, 0.3) is 5.91 Å². The number of ether oxygens (including phenoxy) is 3. The van der Waals surface area contributed by atoms with Gasteiger partial charge in [0.1, 0.15) is 12.2 Å². The number of hydrogen-bond donors (Lipinski definition) is 0. The Morgan fingerprint density at radius 2 is 1.62 bits per heavy atom. The number of benzene rings is 2. The van der Waals surface area contributed by atoms with Crippen LogP contribution in [0.25, 0.3) is 0 Å². The minimum absolute atomic E-state index is 0.0329. The fourth-order valence-electron chi connectivity index (χ4n) is 3.82. The third kappa shape index (κ3) is 7.59. The Labute approximate surface area is 192 Å². The first-order valence-corrected chi connectivity index (χ1v) is 11.3. The molecule has 0 aromatic heterocycles. The first kappa shape index (κ1) is 24.2. The largest absolute Gasteiger partial charge is 0.374 e. The maximum absolute atomic E-state index is 12.8. The number of carbonyl (C=O) groups excluding carboxylic acids is 1. The van der Waals surface area contributed by atoms with E-state index in [1.165, 1.54) is 0 Å². The van der Waals surface area contributed by atoms with Crippen molar-refractivity contribution in [3.8, 4) is 0 Å². The predicted molar refractivity (Wildman–Crippen MR) is 126 cm³/mol. The lowest BCUT2D eigenvalue weighted by Gasteiger charge is -2.31. The number of nitrogens with zero attached hydrogens (tertiary/aromatic N) is 1. The van der Waals surface area contributed by atoms with Gasteiger partial charge in [0.15, 0.2) is 0 Å². The normalized spacial score (nSPS) is 23.3. The smallest absolute Gasteiger partial charge is 0.251 e. The van der Waals surface area contributed by atoms with E-state index in [9.17, 15) is 4.79 Å². The summed E-state index contributed by atoms with van der Waals surface area (Å²) in [5.74, 6) is -0.0329. The average molecular weight is 438 g/mol. The third-order valence-electron chi connectivity index (χ3n) is 5.62. The Kier molecular flexibility index (Phi) is 9.47. The minimum Gasteiger partial charge on any atom is -0.374 e. The summed E-state index contributed by atoms with van der Waals surface area (Å²) in [6.07, 6.45) is 3.41. The maximum atomic E-state index is 12.8. The van der Waals surface area contributed by atoms with Crippen LogP contribution in [0.2, 0.25) is 0 Å². The number of likely N-dealkylation sites (N-methyl/N-ethyl adjacent to an activating group) is 1. The zero-order chi connectivity index (χ0) is 22.8. The van der Waals surface area contributed by atoms with Crippen molar-refractivity contribution in [2.45, 2.75) is 57.7 Å². The molecule has 1 amide bonds. The predicted octanol–water partition coefficient (Wildman–Crippen LogP) is 4.76. The fourth-order valence-corrected chi connectivity index (χ4v) is 3.82. The molecule has 3 rings (SSSR count). The molecule has 0 unspecified atom stereocenters. The molecular weight excluding hydrogens is 402 g/mol. The van der Waals surface area contributed by atoms with E-state index >= 15 is 0 Å². The van der Waals surface area contributed by atoms with Crippen LogP contribution in [0.1, 0.15) is 37.3 Å². The SMILES string of the molecule is C/C1=C/CC[C@@H](OCc2ccccc2)[C@@H](COCc2ccccc2)O[C@@H](C(=O)N(C)C)C1. The number of carbonyl (C=O) groups is 1. The van der Waals surface area contributed by atoms with E-state index in [-0.39, 0.29) is 18.1 Å². The summed E-state index contributed by atoms with van der Waals surface area (Å²) < 4.78 is 18.8. The first-order chi connectivity index (χ1) is 15.5. The van der Waals surface area contributed by atoms with Crippen molar-refractivity contribution in [1.82, 2.24) is 4.90 Å². The van der Waals surface area contributed by atoms with E-state index in [4.69, 9.17) is 14.2 Å². The van der Waals surface area contributed by atoms with Crippen molar-refractivity contribution >= 4 is 5.91 Å². The van der Waals surface area contributed by atoms with Crippen LogP contribution >= 0.6 is 0 Å². The van der Waals surface area contributed by atoms with Gasteiger partial charge in [-0.25, -0.2) is 0 Å². The van der Waals surface area contributed by atoms with Crippen LogP contribution in [0.4, 0.5) is 0 Å². The van der Waals surface area contributed by atoms with Gasteiger partial charge in [-0.15, -0.1) is 0 Å². The third-order valence-corrected chi connectivity index (χ3v) is 5.62. The molecule has 0 bridgehead atoms. The molecule has 0 saturated carbocycles. The summed E-state index contributed by atoms with van der Waals surface area (Å²) in [6, 6.07) is 20.2. The van der Waals surface area contributed by atoms with Crippen LogP contribution in [0, 0.1) is 0 Å². The molecular formula is C27H35NO4. The lowest BCUT2D eigenvalue weighted by atomic mass is 10.1. The standard InChI is InChI=1S/C27H35NO4/c1-21-11-10-16-24(31-19-23-14-8-5-9-15-23)26(32-25(17-21)27(29)28(2)3)20-30-18-22-12-6-4-7-13-22/h4-9,11-15,24-26H,10,16-20H2,1-3H3/b21-11-/t24-,25-,26-/m1/s1. The number of rotatable bonds is 8. The van der Waals surface area contributed by atoms with E-state index in [0.717, 1.165) is 29.5 Å². The molecule has 0 spiro atoms. The summed E-state index contributed by atoms with van der Waals surface area (Å²) in [5, 5.41) is 0. The van der Waals surface area contributed by atoms with Crippen molar-refractivity contribution in [3.63, 3.8) is 0 Å². The highest BCUT2D eigenvalue weighted by atomic mass is 16.6. The molecule has 5 heteroatoms. The Balaban J connectivity index is 1.74. The van der Waals surface area contributed by atoms with Crippen LogP contribution in [0.5, 0.6) is 0 Å². The number of allylic oxidation sites excluding steroid dienone is 1. The van der Waals surface area contributed by atoms with Crippen LogP contribution in [0.15, 0.2) is 72.3 Å². The molecule has 1 aliphatic rings. The van der Waals surface area contributed by atoms with Crippen molar-refractivity contribution in [3.05, 3.63) is 83.4 Å². The van der Waals surface area contributed by atoms with Gasteiger partial charge >= 0.3 is 0 Å². The maximum Gasteiger partial charge on any atom is 0.251 e.